The Balaban J connectivity index is 0.000000358. The highest BCUT2D eigenvalue weighted by atomic mass is 35.5. The largest absolute Gasteiger partial charge is 0.491 e. The fraction of sp³-hybridized carbons (Fsp3) is 0.510. The summed E-state index contributed by atoms with van der Waals surface area (Å²) >= 11 is 5.25. The molecule has 0 spiro atoms. The lowest BCUT2D eigenvalue weighted by molar-refractivity contribution is -0.149. The maximum atomic E-state index is 12.3. The molecule has 0 fully saturated rings. The number of halogens is 1. The minimum atomic E-state index is -0.753. The predicted molar refractivity (Wildman–Crippen MR) is 510 cm³/mol. The molecule has 33 heteroatoms. The van der Waals surface area contributed by atoms with E-state index in [2.05, 4.69) is 58.8 Å². The fourth-order valence-corrected chi connectivity index (χ4v) is 12.7. The van der Waals surface area contributed by atoms with E-state index in [1.165, 1.54) is 57.7 Å². The molecule has 0 bridgehead atoms. The molecule has 1 amide bonds. The van der Waals surface area contributed by atoms with Gasteiger partial charge in [0.05, 0.1) is 198 Å². The molecule has 0 saturated heterocycles. The highest BCUT2D eigenvalue weighted by molar-refractivity contribution is 6.61. The minimum absolute atomic E-state index is 0.0191. The number of carbonyl (C=O) groups is 6. The average molecular weight is 1910 g/mol. The van der Waals surface area contributed by atoms with Crippen molar-refractivity contribution in [2.45, 2.75) is 117 Å². The summed E-state index contributed by atoms with van der Waals surface area (Å²) in [4.78, 5) is 81.3. The zero-order chi connectivity index (χ0) is 97.6. The molecule has 0 saturated carbocycles. The summed E-state index contributed by atoms with van der Waals surface area (Å²) in [6.07, 6.45) is 11.3. The number of nitrogens with one attached hydrogen (secondary N) is 1. The van der Waals surface area contributed by atoms with Gasteiger partial charge in [-0.05, 0) is 175 Å². The molecule has 6 aromatic rings. The van der Waals surface area contributed by atoms with E-state index in [4.69, 9.17) is 127 Å². The number of hydrogen-bond acceptors (Lipinski definition) is 31. The maximum Gasteiger partial charge on any atom is 0.431 e. The quantitative estimate of drug-likeness (QED) is 0.00894. The number of amides is 1. The Kier molecular flexibility index (Phi) is 55.5. The van der Waals surface area contributed by atoms with Gasteiger partial charge in [-0.2, -0.15) is 5.48 Å². The monoisotopic (exact) mass is 1910 g/mol. The Labute approximate surface area is 799 Å². The first-order valence-electron chi connectivity index (χ1n) is 45.3. The fourth-order valence-electron chi connectivity index (χ4n) is 12.6. The number of hydroxylamine groups is 1. The van der Waals surface area contributed by atoms with Crippen LogP contribution in [0.15, 0.2) is 158 Å². The van der Waals surface area contributed by atoms with Crippen LogP contribution in [0, 0.1) is 0 Å². The van der Waals surface area contributed by atoms with Gasteiger partial charge in [-0.25, -0.2) is 34.7 Å². The van der Waals surface area contributed by atoms with E-state index in [0.29, 0.717) is 208 Å². The van der Waals surface area contributed by atoms with Crippen molar-refractivity contribution in [2.75, 3.05) is 225 Å². The summed E-state index contributed by atoms with van der Waals surface area (Å²) < 4.78 is 121. The smallest absolute Gasteiger partial charge is 0.431 e. The Morgan fingerprint density at radius 1 is 0.304 bits per heavy atom. The van der Waals surface area contributed by atoms with E-state index in [-0.39, 0.29) is 51.5 Å². The minimum Gasteiger partial charge on any atom is -0.491 e. The van der Waals surface area contributed by atoms with Crippen LogP contribution in [-0.4, -0.2) is 282 Å². The topological polar surface area (TPSA) is 362 Å². The van der Waals surface area contributed by atoms with Crippen LogP contribution in [0.3, 0.4) is 0 Å². The van der Waals surface area contributed by atoms with E-state index in [1.54, 1.807) is 132 Å². The van der Waals surface area contributed by atoms with Crippen LogP contribution in [0.2, 0.25) is 0 Å². The molecule has 6 aromatic carbocycles. The van der Waals surface area contributed by atoms with Crippen molar-refractivity contribution in [3.63, 3.8) is 0 Å². The van der Waals surface area contributed by atoms with Gasteiger partial charge < -0.3 is 109 Å². The Hall–Kier alpha value is -9.89. The zero-order valence-electron chi connectivity index (χ0n) is 80.2. The summed E-state index contributed by atoms with van der Waals surface area (Å²) in [5.74, 6) is 4.15. The van der Waals surface area contributed by atoms with Gasteiger partial charge in [0.15, 0.2) is 0 Å². The number of esters is 4. The summed E-state index contributed by atoms with van der Waals surface area (Å²) in [7, 11) is 0. The lowest BCUT2D eigenvalue weighted by Crippen LogP contribution is -2.28. The van der Waals surface area contributed by atoms with E-state index in [1.807, 2.05) is 60.7 Å². The molecule has 135 heavy (non-hydrogen) atoms. The van der Waals surface area contributed by atoms with Gasteiger partial charge in [0.2, 0.25) is 0 Å². The second-order valence-electron chi connectivity index (χ2n) is 33.8. The van der Waals surface area contributed by atoms with E-state index < -0.39 is 57.8 Å². The molecule has 0 atom stereocenters. The van der Waals surface area contributed by atoms with E-state index >= 15 is 0 Å². The second kappa shape index (κ2) is 65.8. The van der Waals surface area contributed by atoms with Gasteiger partial charge in [0, 0.05) is 58.9 Å². The van der Waals surface area contributed by atoms with Gasteiger partial charge in [-0.15, -0.1) is 0 Å². The standard InChI is InChI=1S/C51H69NO15.C36H59NO13.C15H11ClO2/c1-50(2,3)66-47(53)19-16-39-15-17-40(18-20-48(54)67-51(4,5)6)46(37-39)63-35-33-61-31-29-59-27-25-57-23-21-56-22-24-58-26-28-60-30-32-62-34-36-65-52-49(55)64-38-45-43-13-9-7-11-41(43)42-12-8-10-14-44(42)45;1-35(2,3)49-33(38)11-8-30-7-9-31(10-12-34(39)50-36(4,5)6)32(29-30)47-27-25-45-23-21-43-19-17-41-15-13-40-14-16-42-18-20-44-22-24-46-26-28-48-37;16-15(17)18-9-14-12-7-3-1-5-10(12)11-6-2-4-8-13(11)14/h7-20,37,45H,21-36,38H2,1-6H3,(H,52,55);7-12,29H,13-28,37H2,1-6H3;1-8,14H,9H2/b19-16+,20-18+;11-8+,12-10+;. The molecule has 32 nitrogen and oxygen atoms in total. The number of nitrogens with two attached hydrogens (primary N) is 1. The Morgan fingerprint density at radius 3 is 0.800 bits per heavy atom. The lowest BCUT2D eigenvalue weighted by Gasteiger charge is -2.18. The number of hydrogen-bond donors (Lipinski definition) is 2. The first-order chi connectivity index (χ1) is 65.0. The van der Waals surface area contributed by atoms with E-state index in [9.17, 15) is 28.8 Å². The summed E-state index contributed by atoms with van der Waals surface area (Å²) in [6.45, 7) is 35.0. The Bertz CT molecular complexity index is 4440. The maximum absolute atomic E-state index is 12.3. The molecular formula is C102H139ClN2O30. The zero-order valence-corrected chi connectivity index (χ0v) is 81.0. The Morgan fingerprint density at radius 2 is 0.541 bits per heavy atom. The van der Waals surface area contributed by atoms with Crippen molar-refractivity contribution in [1.29, 1.82) is 0 Å². The number of benzene rings is 6. The average Bonchev–Trinajstić information content (AvgIpc) is 1.62. The van der Waals surface area contributed by atoms with Crippen LogP contribution in [0.25, 0.3) is 46.6 Å². The summed E-state index contributed by atoms with van der Waals surface area (Å²) in [5, 5.41) is 0. The first kappa shape index (κ1) is 114. The molecule has 0 heterocycles. The van der Waals surface area contributed by atoms with Gasteiger partial charge in [0.1, 0.15) is 60.3 Å². The number of carbonyl (C=O) groups excluding carboxylic acids is 6. The normalized spacial score (nSPS) is 12.5. The molecule has 0 aliphatic heterocycles. The molecule has 0 unspecified atom stereocenters. The number of ether oxygens (including phenoxy) is 22. The van der Waals surface area contributed by atoms with Crippen LogP contribution in [0.1, 0.15) is 139 Å². The molecule has 0 radical (unpaired) electrons. The van der Waals surface area contributed by atoms with Gasteiger partial charge in [0.25, 0.3) is 0 Å². The molecule has 2 aliphatic rings. The van der Waals surface area contributed by atoms with Crippen LogP contribution in [-0.2, 0) is 124 Å². The van der Waals surface area contributed by atoms with Crippen LogP contribution in [0.5, 0.6) is 11.5 Å². The van der Waals surface area contributed by atoms with Crippen molar-refractivity contribution >= 4 is 71.3 Å². The van der Waals surface area contributed by atoms with Crippen LogP contribution in [0.4, 0.5) is 9.59 Å². The van der Waals surface area contributed by atoms with Crippen molar-refractivity contribution in [2.24, 2.45) is 5.90 Å². The van der Waals surface area contributed by atoms with Gasteiger partial charge >= 0.3 is 35.4 Å². The van der Waals surface area contributed by atoms with Crippen molar-refractivity contribution < 1.29 is 143 Å². The lowest BCUT2D eigenvalue weighted by atomic mass is 9.98. The molecular weight excluding hydrogens is 1770 g/mol. The number of fused-ring (bicyclic) bond motifs is 6. The van der Waals surface area contributed by atoms with Crippen molar-refractivity contribution in [3.05, 3.63) is 202 Å². The molecule has 8 rings (SSSR count). The summed E-state index contributed by atoms with van der Waals surface area (Å²) in [6, 6.07) is 43.4. The van der Waals surface area contributed by atoms with Crippen LogP contribution >= 0.6 is 11.6 Å². The molecule has 2 aliphatic carbocycles. The number of rotatable bonds is 63. The third-order valence-corrected chi connectivity index (χ3v) is 18.4. The third kappa shape index (κ3) is 51.7. The third-order valence-electron chi connectivity index (χ3n) is 18.3. The second-order valence-corrected chi connectivity index (χ2v) is 34.1. The highest BCUT2D eigenvalue weighted by Gasteiger charge is 2.31. The first-order valence-corrected chi connectivity index (χ1v) is 45.6. The van der Waals surface area contributed by atoms with Crippen LogP contribution < -0.4 is 20.9 Å². The van der Waals surface area contributed by atoms with Gasteiger partial charge in [-0.3, -0.25) is 4.84 Å². The van der Waals surface area contributed by atoms with Crippen molar-refractivity contribution in [1.82, 2.24) is 5.48 Å². The van der Waals surface area contributed by atoms with Crippen molar-refractivity contribution in [3.8, 4) is 33.8 Å². The molecule has 744 valence electrons. The highest BCUT2D eigenvalue weighted by Crippen LogP contribution is 2.46. The summed E-state index contributed by atoms with van der Waals surface area (Å²) in [5.41, 5.74) is 11.3. The van der Waals surface area contributed by atoms with E-state index in [0.717, 1.165) is 22.3 Å². The predicted octanol–water partition coefficient (Wildman–Crippen LogP) is 15.3. The SMILES string of the molecule is CC(C)(C)OC(=O)/C=C/c1ccc(/C=C/C(=O)OC(C)(C)C)c(OCCOCCOCCOCCOCCOCCOCCOCCON)c1.CC(C)(C)OC(=O)/C=C/c1ccc(/C=C/C(=O)OC(C)(C)C)c(OCCOCCOCCOCCOCCOCCOCCOCCONC(=O)OCC2c3ccccc3-c3ccccc32)c1.O=C(Cl)OCC1c2ccccc2-c2ccccc21. The van der Waals surface area contributed by atoms with Gasteiger partial charge in [-0.1, -0.05) is 121 Å². The molecule has 3 N–H and O–H groups in total. The molecule has 0 aromatic heterocycles.